The molecule has 1 saturated carbocycles. The van der Waals surface area contributed by atoms with E-state index in [0.717, 1.165) is 0 Å². The number of aromatic nitrogens is 1. The number of carboxylic acids is 1. The van der Waals surface area contributed by atoms with Crippen LogP contribution in [0.4, 0.5) is 11.5 Å². The molecule has 5 heteroatoms. The van der Waals surface area contributed by atoms with Gasteiger partial charge < -0.3 is 16.2 Å². The smallest absolute Gasteiger partial charge is 0.337 e. The second-order valence-electron chi connectivity index (χ2n) is 4.55. The Morgan fingerprint density at radius 1 is 1.65 bits per heavy atom. The molecule has 1 aromatic heterocycles. The standard InChI is InChI=1S/C12H17N3O2/c1-7(8-3-2-4-8)15-11-10(13)9(12(16)17)5-6-14-11/h5-8H,2-4,13H2,1H3,(H,14,15)(H,16,17). The molecule has 2 rings (SSSR count). The Labute approximate surface area is 100 Å². The second-order valence-corrected chi connectivity index (χ2v) is 4.55. The summed E-state index contributed by atoms with van der Waals surface area (Å²) in [6.07, 6.45) is 5.17. The SMILES string of the molecule is CC(Nc1nccc(C(=O)O)c1N)C1CCC1. The van der Waals surface area contributed by atoms with Crippen molar-refractivity contribution in [2.24, 2.45) is 5.92 Å². The van der Waals surface area contributed by atoms with Gasteiger partial charge in [0, 0.05) is 12.2 Å². The van der Waals surface area contributed by atoms with Gasteiger partial charge in [-0.2, -0.15) is 0 Å². The van der Waals surface area contributed by atoms with E-state index in [2.05, 4.69) is 17.2 Å². The monoisotopic (exact) mass is 235 g/mol. The third kappa shape index (κ3) is 2.33. The first-order valence-corrected chi connectivity index (χ1v) is 5.84. The molecule has 0 amide bonds. The first kappa shape index (κ1) is 11.7. The molecule has 1 fully saturated rings. The lowest BCUT2D eigenvalue weighted by Crippen LogP contribution is -2.31. The van der Waals surface area contributed by atoms with Crippen molar-refractivity contribution in [3.05, 3.63) is 17.8 Å². The van der Waals surface area contributed by atoms with Crippen molar-refractivity contribution < 1.29 is 9.90 Å². The lowest BCUT2D eigenvalue weighted by atomic mass is 9.80. The van der Waals surface area contributed by atoms with Crippen LogP contribution in [-0.2, 0) is 0 Å². The number of rotatable bonds is 4. The number of nitrogen functional groups attached to an aromatic ring is 1. The first-order chi connectivity index (χ1) is 8.09. The fourth-order valence-corrected chi connectivity index (χ4v) is 2.05. The minimum Gasteiger partial charge on any atom is -0.478 e. The molecule has 0 radical (unpaired) electrons. The van der Waals surface area contributed by atoms with Crippen LogP contribution in [0.25, 0.3) is 0 Å². The average Bonchev–Trinajstić information content (AvgIpc) is 2.18. The highest BCUT2D eigenvalue weighted by Gasteiger charge is 2.25. The summed E-state index contributed by atoms with van der Waals surface area (Å²) in [5.41, 5.74) is 6.10. The third-order valence-electron chi connectivity index (χ3n) is 3.44. The number of carboxylic acid groups (broad SMARTS) is 1. The summed E-state index contributed by atoms with van der Waals surface area (Å²) in [6.45, 7) is 2.08. The fourth-order valence-electron chi connectivity index (χ4n) is 2.05. The fraction of sp³-hybridized carbons (Fsp3) is 0.500. The van der Waals surface area contributed by atoms with Gasteiger partial charge in [-0.15, -0.1) is 0 Å². The Morgan fingerprint density at radius 3 is 2.88 bits per heavy atom. The Balaban J connectivity index is 2.15. The molecule has 1 heterocycles. The number of nitrogens with zero attached hydrogens (tertiary/aromatic N) is 1. The van der Waals surface area contributed by atoms with Crippen LogP contribution >= 0.6 is 0 Å². The van der Waals surface area contributed by atoms with Gasteiger partial charge in [0.05, 0.1) is 11.3 Å². The van der Waals surface area contributed by atoms with Gasteiger partial charge in [0.25, 0.3) is 0 Å². The topological polar surface area (TPSA) is 88.2 Å². The van der Waals surface area contributed by atoms with Gasteiger partial charge in [0.2, 0.25) is 0 Å². The first-order valence-electron chi connectivity index (χ1n) is 5.84. The van der Waals surface area contributed by atoms with E-state index in [1.165, 1.54) is 31.5 Å². The Kier molecular flexibility index (Phi) is 3.17. The predicted octanol–water partition coefficient (Wildman–Crippen LogP) is 1.96. The van der Waals surface area contributed by atoms with Gasteiger partial charge in [-0.25, -0.2) is 9.78 Å². The number of anilines is 2. The number of nitrogens with two attached hydrogens (primary N) is 1. The lowest BCUT2D eigenvalue weighted by molar-refractivity contribution is 0.0698. The van der Waals surface area contributed by atoms with Gasteiger partial charge >= 0.3 is 5.97 Å². The van der Waals surface area contributed by atoms with Crippen molar-refractivity contribution in [1.29, 1.82) is 0 Å². The quantitative estimate of drug-likeness (QED) is 0.742. The molecule has 1 aliphatic rings. The summed E-state index contributed by atoms with van der Waals surface area (Å²) in [4.78, 5) is 15.0. The van der Waals surface area contributed by atoms with E-state index in [1.807, 2.05) is 0 Å². The molecular formula is C12H17N3O2. The van der Waals surface area contributed by atoms with Gasteiger partial charge in [0.1, 0.15) is 5.82 Å². The highest BCUT2D eigenvalue weighted by Crippen LogP contribution is 2.32. The van der Waals surface area contributed by atoms with E-state index in [0.29, 0.717) is 11.7 Å². The van der Waals surface area contributed by atoms with Crippen LogP contribution in [0.15, 0.2) is 12.3 Å². The van der Waals surface area contributed by atoms with E-state index < -0.39 is 5.97 Å². The third-order valence-corrected chi connectivity index (χ3v) is 3.44. The Hall–Kier alpha value is -1.78. The molecular weight excluding hydrogens is 218 g/mol. The van der Waals surface area contributed by atoms with Crippen LogP contribution in [-0.4, -0.2) is 22.1 Å². The van der Waals surface area contributed by atoms with Crippen LogP contribution in [0, 0.1) is 5.92 Å². The molecule has 4 N–H and O–H groups in total. The zero-order valence-electron chi connectivity index (χ0n) is 9.81. The highest BCUT2D eigenvalue weighted by atomic mass is 16.4. The summed E-state index contributed by atoms with van der Waals surface area (Å²) < 4.78 is 0. The maximum absolute atomic E-state index is 10.9. The normalized spacial score (nSPS) is 17.2. The van der Waals surface area contributed by atoms with E-state index >= 15 is 0 Å². The van der Waals surface area contributed by atoms with Crippen LogP contribution in [0.1, 0.15) is 36.5 Å². The van der Waals surface area contributed by atoms with Crippen molar-refractivity contribution in [3.8, 4) is 0 Å². The molecule has 17 heavy (non-hydrogen) atoms. The van der Waals surface area contributed by atoms with Gasteiger partial charge in [0.15, 0.2) is 0 Å². The summed E-state index contributed by atoms with van der Waals surface area (Å²) in [6, 6.07) is 1.69. The highest BCUT2D eigenvalue weighted by molar-refractivity contribution is 5.96. The number of nitrogens with one attached hydrogen (secondary N) is 1. The van der Waals surface area contributed by atoms with E-state index in [4.69, 9.17) is 10.8 Å². The number of carbonyl (C=O) groups is 1. The summed E-state index contributed by atoms with van der Waals surface area (Å²) in [7, 11) is 0. The number of hydrogen-bond acceptors (Lipinski definition) is 4. The Morgan fingerprint density at radius 2 is 2.35 bits per heavy atom. The molecule has 5 nitrogen and oxygen atoms in total. The molecule has 0 spiro atoms. The van der Waals surface area contributed by atoms with E-state index in [1.54, 1.807) is 0 Å². The second kappa shape index (κ2) is 4.61. The van der Waals surface area contributed by atoms with Crippen molar-refractivity contribution in [2.75, 3.05) is 11.1 Å². The summed E-state index contributed by atoms with van der Waals surface area (Å²) in [5, 5.41) is 12.2. The van der Waals surface area contributed by atoms with Crippen LogP contribution in [0.5, 0.6) is 0 Å². The van der Waals surface area contributed by atoms with E-state index in [-0.39, 0.29) is 17.3 Å². The zero-order chi connectivity index (χ0) is 12.4. The zero-order valence-corrected chi connectivity index (χ0v) is 9.81. The van der Waals surface area contributed by atoms with Crippen molar-refractivity contribution in [3.63, 3.8) is 0 Å². The maximum Gasteiger partial charge on any atom is 0.337 e. The van der Waals surface area contributed by atoms with Gasteiger partial charge in [-0.1, -0.05) is 6.42 Å². The number of pyridine rings is 1. The van der Waals surface area contributed by atoms with Crippen LogP contribution in [0.2, 0.25) is 0 Å². The van der Waals surface area contributed by atoms with Crippen molar-refractivity contribution >= 4 is 17.5 Å². The lowest BCUT2D eigenvalue weighted by Gasteiger charge is -2.32. The van der Waals surface area contributed by atoms with Gasteiger partial charge in [-0.05, 0) is 31.7 Å². The molecule has 0 aromatic carbocycles. The molecule has 1 atom stereocenters. The molecule has 0 saturated heterocycles. The average molecular weight is 235 g/mol. The minimum absolute atomic E-state index is 0.100. The molecule has 0 aliphatic heterocycles. The van der Waals surface area contributed by atoms with Crippen molar-refractivity contribution in [2.45, 2.75) is 32.2 Å². The molecule has 92 valence electrons. The van der Waals surface area contributed by atoms with Crippen LogP contribution in [0.3, 0.4) is 0 Å². The minimum atomic E-state index is -1.02. The Bertz CT molecular complexity index is 430. The van der Waals surface area contributed by atoms with E-state index in [9.17, 15) is 4.79 Å². The van der Waals surface area contributed by atoms with Gasteiger partial charge in [-0.3, -0.25) is 0 Å². The van der Waals surface area contributed by atoms with Crippen molar-refractivity contribution in [1.82, 2.24) is 4.98 Å². The van der Waals surface area contributed by atoms with Crippen LogP contribution < -0.4 is 11.1 Å². The predicted molar refractivity (Wildman–Crippen MR) is 66.0 cm³/mol. The molecule has 1 aliphatic carbocycles. The summed E-state index contributed by atoms with van der Waals surface area (Å²) >= 11 is 0. The largest absolute Gasteiger partial charge is 0.478 e. The molecule has 0 bridgehead atoms. The molecule has 1 aromatic rings. The maximum atomic E-state index is 10.9. The number of hydrogen-bond donors (Lipinski definition) is 3. The molecule has 1 unspecified atom stereocenters. The number of aromatic carboxylic acids is 1. The summed E-state index contributed by atoms with van der Waals surface area (Å²) in [5.74, 6) is 0.0956.